The van der Waals surface area contributed by atoms with Crippen molar-refractivity contribution in [1.29, 1.82) is 0 Å². The molecule has 9 heteroatoms. The Kier molecular flexibility index (Phi) is 5.52. The first-order valence-corrected chi connectivity index (χ1v) is 12.0. The Balaban J connectivity index is 1.33. The molecule has 4 aromatic rings. The molecule has 2 aliphatic rings. The summed E-state index contributed by atoms with van der Waals surface area (Å²) >= 11 is 0. The zero-order valence-corrected chi connectivity index (χ0v) is 19.5. The summed E-state index contributed by atoms with van der Waals surface area (Å²) in [4.78, 5) is 22.0. The number of carbonyl (C=O) groups excluding carboxylic acids is 1. The maximum Gasteiger partial charge on any atom is 0.433 e. The van der Waals surface area contributed by atoms with Gasteiger partial charge in [0.2, 0.25) is 0 Å². The van der Waals surface area contributed by atoms with Crippen molar-refractivity contribution >= 4 is 11.6 Å². The molecule has 0 saturated carbocycles. The van der Waals surface area contributed by atoms with E-state index in [0.29, 0.717) is 43.9 Å². The first kappa shape index (κ1) is 22.7. The minimum absolute atomic E-state index is 0.0468. The van der Waals surface area contributed by atoms with Crippen molar-refractivity contribution < 1.29 is 18.0 Å². The molecule has 0 N–H and O–H groups in total. The second kappa shape index (κ2) is 8.74. The van der Waals surface area contributed by atoms with E-state index < -0.39 is 11.9 Å². The van der Waals surface area contributed by atoms with Gasteiger partial charge in [0.15, 0.2) is 11.3 Å². The molecule has 0 bridgehead atoms. The van der Waals surface area contributed by atoms with Gasteiger partial charge in [0, 0.05) is 43.9 Å². The molecule has 6 rings (SSSR count). The Morgan fingerprint density at radius 1 is 0.917 bits per heavy atom. The molecule has 0 radical (unpaired) electrons. The van der Waals surface area contributed by atoms with Crippen LogP contribution in [0.4, 0.5) is 13.2 Å². The van der Waals surface area contributed by atoms with Crippen LogP contribution in [0.15, 0.2) is 60.8 Å². The summed E-state index contributed by atoms with van der Waals surface area (Å²) in [5.41, 5.74) is 2.47. The van der Waals surface area contributed by atoms with E-state index >= 15 is 0 Å². The Labute approximate surface area is 206 Å². The van der Waals surface area contributed by atoms with Crippen molar-refractivity contribution in [3.63, 3.8) is 0 Å². The maximum atomic E-state index is 14.3. The van der Waals surface area contributed by atoms with E-state index in [-0.39, 0.29) is 29.1 Å². The Bertz CT molecular complexity index is 1440. The fourth-order valence-electron chi connectivity index (χ4n) is 5.28. The molecule has 36 heavy (non-hydrogen) atoms. The van der Waals surface area contributed by atoms with Crippen LogP contribution >= 0.6 is 0 Å². The second-order valence-corrected chi connectivity index (χ2v) is 9.29. The third kappa shape index (κ3) is 3.93. The summed E-state index contributed by atoms with van der Waals surface area (Å²) in [6.07, 6.45) is -2.68. The number of aryl methyl sites for hydroxylation is 1. The summed E-state index contributed by atoms with van der Waals surface area (Å²) in [6, 6.07) is 17.5. The van der Waals surface area contributed by atoms with Crippen molar-refractivity contribution in [2.24, 2.45) is 0 Å². The summed E-state index contributed by atoms with van der Waals surface area (Å²) < 4.78 is 43.6. The quantitative estimate of drug-likeness (QED) is 0.424. The van der Waals surface area contributed by atoms with Crippen LogP contribution < -0.4 is 0 Å². The molecule has 0 unspecified atom stereocenters. The summed E-state index contributed by atoms with van der Waals surface area (Å²) in [5, 5.41) is 4.01. The molecule has 1 aliphatic carbocycles. The highest BCUT2D eigenvalue weighted by molar-refractivity contribution is 6.00. The van der Waals surface area contributed by atoms with Crippen LogP contribution in [0, 0.1) is 0 Å². The van der Waals surface area contributed by atoms with Gasteiger partial charge in [0.25, 0.3) is 5.91 Å². The van der Waals surface area contributed by atoms with Gasteiger partial charge in [-0.1, -0.05) is 54.6 Å². The van der Waals surface area contributed by atoms with E-state index in [1.165, 1.54) is 11.8 Å². The van der Waals surface area contributed by atoms with Crippen LogP contribution in [0.2, 0.25) is 0 Å². The largest absolute Gasteiger partial charge is 0.433 e. The number of aromatic nitrogens is 3. The number of hydrogen-bond acceptors (Lipinski definition) is 4. The van der Waals surface area contributed by atoms with E-state index in [1.54, 1.807) is 17.0 Å². The van der Waals surface area contributed by atoms with Crippen LogP contribution in [-0.2, 0) is 25.6 Å². The number of benzene rings is 2. The average molecular weight is 492 g/mol. The minimum Gasteiger partial charge on any atom is -0.336 e. The molecule has 1 saturated heterocycles. The first-order valence-electron chi connectivity index (χ1n) is 12.0. The fraction of sp³-hybridized carbons (Fsp3) is 0.296. The highest BCUT2D eigenvalue weighted by Crippen LogP contribution is 2.40. The minimum atomic E-state index is -4.63. The molecule has 1 amide bonds. The van der Waals surface area contributed by atoms with Gasteiger partial charge < -0.3 is 4.90 Å². The van der Waals surface area contributed by atoms with Crippen molar-refractivity contribution in [3.8, 4) is 11.3 Å². The number of fused-ring (bicyclic) bond motifs is 4. The summed E-state index contributed by atoms with van der Waals surface area (Å²) in [7, 11) is 0. The van der Waals surface area contributed by atoms with E-state index in [9.17, 15) is 18.0 Å². The van der Waals surface area contributed by atoms with Crippen molar-refractivity contribution in [1.82, 2.24) is 24.4 Å². The Morgan fingerprint density at radius 2 is 1.64 bits per heavy atom. The van der Waals surface area contributed by atoms with E-state index in [2.05, 4.69) is 27.1 Å². The smallest absolute Gasteiger partial charge is 0.336 e. The van der Waals surface area contributed by atoms with Crippen molar-refractivity contribution in [2.45, 2.75) is 25.6 Å². The van der Waals surface area contributed by atoms with Crippen LogP contribution in [-0.4, -0.2) is 56.5 Å². The standard InChI is InChI=1S/C27H24F3N5O/c28-27(29,30)24-21-11-10-19-8-4-5-9-20(19)23(21)32-25-22(16-31-35(24)25)26(36)34-14-12-33(13-15-34)17-18-6-2-1-3-7-18/h1-9,16H,10-15,17H2. The molecule has 2 aromatic heterocycles. The van der Waals surface area contributed by atoms with Gasteiger partial charge in [-0.25, -0.2) is 9.50 Å². The third-order valence-electron chi connectivity index (χ3n) is 7.07. The first-order chi connectivity index (χ1) is 17.4. The van der Waals surface area contributed by atoms with Crippen molar-refractivity contribution in [2.75, 3.05) is 26.2 Å². The van der Waals surface area contributed by atoms with Gasteiger partial charge in [-0.15, -0.1) is 0 Å². The van der Waals surface area contributed by atoms with Gasteiger partial charge in [-0.2, -0.15) is 18.3 Å². The lowest BCUT2D eigenvalue weighted by molar-refractivity contribution is -0.143. The van der Waals surface area contributed by atoms with Gasteiger partial charge in [0.05, 0.1) is 11.9 Å². The molecule has 0 atom stereocenters. The molecule has 1 fully saturated rings. The number of amides is 1. The van der Waals surface area contributed by atoms with E-state index in [4.69, 9.17) is 0 Å². The number of nitrogens with zero attached hydrogens (tertiary/aromatic N) is 5. The van der Waals surface area contributed by atoms with Gasteiger partial charge >= 0.3 is 6.18 Å². The molecule has 2 aromatic carbocycles. The topological polar surface area (TPSA) is 53.7 Å². The maximum absolute atomic E-state index is 14.3. The predicted octanol–water partition coefficient (Wildman–Crippen LogP) is 4.47. The van der Waals surface area contributed by atoms with Gasteiger partial charge in [0.1, 0.15) is 5.56 Å². The van der Waals surface area contributed by atoms with Gasteiger partial charge in [-0.3, -0.25) is 9.69 Å². The number of halogens is 3. The lowest BCUT2D eigenvalue weighted by Crippen LogP contribution is -2.48. The lowest BCUT2D eigenvalue weighted by Gasteiger charge is -2.34. The normalized spacial score (nSPS) is 16.1. The number of carbonyl (C=O) groups is 1. The van der Waals surface area contributed by atoms with E-state index in [1.807, 2.05) is 30.3 Å². The van der Waals surface area contributed by atoms with Crippen LogP contribution in [0.25, 0.3) is 16.9 Å². The monoisotopic (exact) mass is 491 g/mol. The number of hydrogen-bond donors (Lipinski definition) is 0. The van der Waals surface area contributed by atoms with Crippen LogP contribution in [0.1, 0.15) is 32.7 Å². The predicted molar refractivity (Wildman–Crippen MR) is 128 cm³/mol. The highest BCUT2D eigenvalue weighted by Gasteiger charge is 2.41. The molecule has 0 spiro atoms. The van der Waals surface area contributed by atoms with Crippen LogP contribution in [0.3, 0.4) is 0 Å². The number of piperazine rings is 1. The van der Waals surface area contributed by atoms with E-state index in [0.717, 1.165) is 16.6 Å². The number of alkyl halides is 3. The van der Waals surface area contributed by atoms with Crippen LogP contribution in [0.5, 0.6) is 0 Å². The SMILES string of the molecule is O=C(c1cnn2c(C(F)(F)F)c3c(nc12)-c1ccccc1CC3)N1CCN(Cc2ccccc2)CC1. The summed E-state index contributed by atoms with van der Waals surface area (Å²) in [6.45, 7) is 3.14. The zero-order chi connectivity index (χ0) is 24.9. The molecule has 3 heterocycles. The zero-order valence-electron chi connectivity index (χ0n) is 19.5. The molecule has 1 aliphatic heterocycles. The highest BCUT2D eigenvalue weighted by atomic mass is 19.4. The molecular formula is C27H24F3N5O. The lowest BCUT2D eigenvalue weighted by atomic mass is 9.88. The fourth-order valence-corrected chi connectivity index (χ4v) is 5.28. The number of rotatable bonds is 3. The third-order valence-corrected chi connectivity index (χ3v) is 7.07. The Hall–Kier alpha value is -3.72. The van der Waals surface area contributed by atoms with Gasteiger partial charge in [-0.05, 0) is 24.0 Å². The molecular weight excluding hydrogens is 467 g/mol. The average Bonchev–Trinajstić information content (AvgIpc) is 3.30. The van der Waals surface area contributed by atoms with Crippen molar-refractivity contribution in [3.05, 3.63) is 88.7 Å². The molecule has 184 valence electrons. The Morgan fingerprint density at radius 3 is 2.39 bits per heavy atom. The molecule has 6 nitrogen and oxygen atoms in total. The summed E-state index contributed by atoms with van der Waals surface area (Å²) in [5.74, 6) is -0.339. The second-order valence-electron chi connectivity index (χ2n) is 9.29.